The fraction of sp³-hybridized carbons (Fsp3) is 0.267. The summed E-state index contributed by atoms with van der Waals surface area (Å²) >= 11 is 0. The monoisotopic (exact) mass is 341 g/mol. The van der Waals surface area contributed by atoms with E-state index < -0.39 is 23.2 Å². The molecule has 2 aromatic rings. The van der Waals surface area contributed by atoms with Gasteiger partial charge in [-0.05, 0) is 30.7 Å². The maximum absolute atomic E-state index is 12.9. The van der Waals surface area contributed by atoms with Crippen LogP contribution in [0.25, 0.3) is 0 Å². The van der Waals surface area contributed by atoms with Crippen molar-refractivity contribution in [2.45, 2.75) is 19.5 Å². The summed E-state index contributed by atoms with van der Waals surface area (Å²) in [6.07, 6.45) is -3.91. The smallest absolute Gasteiger partial charge is 0.416 e. The van der Waals surface area contributed by atoms with Crippen LogP contribution in [0.3, 0.4) is 0 Å². The molecule has 0 aliphatic carbocycles. The Balaban J connectivity index is 2.32. The number of nitrogens with one attached hydrogen (secondary N) is 2. The number of nitrogens with zero attached hydrogens (tertiary/aromatic N) is 1. The van der Waals surface area contributed by atoms with Gasteiger partial charge in [0.15, 0.2) is 0 Å². The lowest BCUT2D eigenvalue weighted by Gasteiger charge is -2.15. The van der Waals surface area contributed by atoms with Crippen LogP contribution in [0, 0.1) is 0 Å². The number of benzene rings is 1. The fourth-order valence-corrected chi connectivity index (χ4v) is 1.80. The molecule has 24 heavy (non-hydrogen) atoms. The molecular weight excluding hydrogens is 327 g/mol. The van der Waals surface area contributed by atoms with Gasteiger partial charge in [0, 0.05) is 6.07 Å². The first-order chi connectivity index (χ1) is 11.3. The molecule has 9 heteroatoms. The maximum Gasteiger partial charge on any atom is 0.416 e. The zero-order valence-electron chi connectivity index (χ0n) is 12.6. The largest absolute Gasteiger partial charge is 0.491 e. The molecule has 0 fully saturated rings. The van der Waals surface area contributed by atoms with E-state index in [1.165, 1.54) is 0 Å². The highest BCUT2D eigenvalue weighted by Gasteiger charge is 2.31. The zero-order valence-corrected chi connectivity index (χ0v) is 12.6. The van der Waals surface area contributed by atoms with Gasteiger partial charge < -0.3 is 10.1 Å². The molecule has 0 saturated carbocycles. The Kier molecular flexibility index (Phi) is 5.22. The number of H-pyrrole nitrogens is 1. The number of carbonyl (C=O) groups is 1. The van der Waals surface area contributed by atoms with Gasteiger partial charge in [-0.3, -0.25) is 9.59 Å². The Bertz CT molecular complexity index is 767. The van der Waals surface area contributed by atoms with E-state index in [0.717, 1.165) is 30.3 Å². The number of aromatic nitrogens is 2. The average Bonchev–Trinajstić information content (AvgIpc) is 2.53. The number of ether oxygens (including phenoxy) is 1. The number of rotatable bonds is 5. The van der Waals surface area contributed by atoms with E-state index in [9.17, 15) is 22.8 Å². The Morgan fingerprint density at radius 1 is 1.29 bits per heavy atom. The minimum absolute atomic E-state index is 0.114. The first kappa shape index (κ1) is 17.5. The molecule has 0 atom stereocenters. The summed E-state index contributed by atoms with van der Waals surface area (Å²) in [6, 6.07) is 5.05. The first-order valence-corrected chi connectivity index (χ1v) is 7.02. The molecule has 0 aliphatic rings. The summed E-state index contributed by atoms with van der Waals surface area (Å²) in [7, 11) is 0. The standard InChI is InChI=1S/C15H14F3N3O3/c1-2-7-24-12-5-3-9(15(16,17)18)8-11(12)19-14(23)10-4-6-13(22)21-20-10/h3-6,8H,2,7H2,1H3,(H,19,23)(H,21,22). The molecule has 0 saturated heterocycles. The molecule has 1 aromatic carbocycles. The number of anilines is 1. The molecule has 0 radical (unpaired) electrons. The normalized spacial score (nSPS) is 11.2. The number of carbonyl (C=O) groups excluding carboxylic acids is 1. The van der Waals surface area contributed by atoms with Crippen molar-refractivity contribution in [1.29, 1.82) is 0 Å². The lowest BCUT2D eigenvalue weighted by atomic mass is 10.1. The van der Waals surface area contributed by atoms with Gasteiger partial charge in [-0.1, -0.05) is 6.92 Å². The van der Waals surface area contributed by atoms with Crippen LogP contribution >= 0.6 is 0 Å². The van der Waals surface area contributed by atoms with Crippen LogP contribution in [0.2, 0.25) is 0 Å². The second-order valence-electron chi connectivity index (χ2n) is 4.82. The lowest BCUT2D eigenvalue weighted by molar-refractivity contribution is -0.137. The van der Waals surface area contributed by atoms with Crippen LogP contribution < -0.4 is 15.6 Å². The highest BCUT2D eigenvalue weighted by atomic mass is 19.4. The number of hydrogen-bond donors (Lipinski definition) is 2. The van der Waals surface area contributed by atoms with E-state index in [1.807, 2.05) is 6.92 Å². The Labute approximate surface area is 134 Å². The Morgan fingerprint density at radius 2 is 2.04 bits per heavy atom. The highest BCUT2D eigenvalue weighted by molar-refractivity contribution is 6.03. The summed E-state index contributed by atoms with van der Waals surface area (Å²) in [5, 5.41) is 7.92. The molecule has 0 spiro atoms. The summed E-state index contributed by atoms with van der Waals surface area (Å²) < 4.78 is 43.9. The SMILES string of the molecule is CCCOc1ccc(C(F)(F)F)cc1NC(=O)c1ccc(=O)[nH]n1. The van der Waals surface area contributed by atoms with Crippen molar-refractivity contribution in [1.82, 2.24) is 10.2 Å². The van der Waals surface area contributed by atoms with Gasteiger partial charge in [-0.25, -0.2) is 5.10 Å². The molecule has 0 aliphatic heterocycles. The quantitative estimate of drug-likeness (QED) is 0.876. The van der Waals surface area contributed by atoms with Gasteiger partial charge in [0.2, 0.25) is 0 Å². The third-order valence-corrected chi connectivity index (χ3v) is 2.93. The van der Waals surface area contributed by atoms with E-state index in [1.54, 1.807) is 0 Å². The van der Waals surface area contributed by atoms with Gasteiger partial charge in [0.25, 0.3) is 11.5 Å². The van der Waals surface area contributed by atoms with Gasteiger partial charge in [0.05, 0.1) is 17.9 Å². The van der Waals surface area contributed by atoms with E-state index in [-0.39, 0.29) is 23.7 Å². The topological polar surface area (TPSA) is 84.1 Å². The van der Waals surface area contributed by atoms with E-state index >= 15 is 0 Å². The van der Waals surface area contributed by atoms with Crippen LogP contribution in [0.1, 0.15) is 29.4 Å². The second-order valence-corrected chi connectivity index (χ2v) is 4.82. The third-order valence-electron chi connectivity index (χ3n) is 2.93. The highest BCUT2D eigenvalue weighted by Crippen LogP contribution is 2.35. The van der Waals surface area contributed by atoms with Crippen LogP contribution in [0.15, 0.2) is 35.1 Å². The van der Waals surface area contributed by atoms with Gasteiger partial charge >= 0.3 is 6.18 Å². The molecule has 2 N–H and O–H groups in total. The minimum Gasteiger partial charge on any atom is -0.491 e. The van der Waals surface area contributed by atoms with Crippen molar-refractivity contribution in [2.24, 2.45) is 0 Å². The summed E-state index contributed by atoms with van der Waals surface area (Å²) in [6.45, 7) is 2.12. The summed E-state index contributed by atoms with van der Waals surface area (Å²) in [5.41, 5.74) is -1.70. The van der Waals surface area contributed by atoms with Crippen LogP contribution in [-0.4, -0.2) is 22.7 Å². The lowest BCUT2D eigenvalue weighted by Crippen LogP contribution is -2.18. The van der Waals surface area contributed by atoms with Gasteiger partial charge in [-0.2, -0.15) is 18.3 Å². The Hall–Kier alpha value is -2.84. The van der Waals surface area contributed by atoms with Crippen LogP contribution in [-0.2, 0) is 6.18 Å². The molecular formula is C15H14F3N3O3. The van der Waals surface area contributed by atoms with E-state index in [4.69, 9.17) is 4.74 Å². The van der Waals surface area contributed by atoms with Crippen molar-refractivity contribution >= 4 is 11.6 Å². The fourth-order valence-electron chi connectivity index (χ4n) is 1.80. The third kappa shape index (κ3) is 4.34. The van der Waals surface area contributed by atoms with Crippen molar-refractivity contribution in [2.75, 3.05) is 11.9 Å². The molecule has 6 nitrogen and oxygen atoms in total. The van der Waals surface area contributed by atoms with E-state index in [0.29, 0.717) is 6.42 Å². The zero-order chi connectivity index (χ0) is 17.7. The predicted octanol–water partition coefficient (Wildman–Crippen LogP) is 2.83. The molecule has 1 aromatic heterocycles. The maximum atomic E-state index is 12.9. The van der Waals surface area contributed by atoms with Crippen LogP contribution in [0.4, 0.5) is 18.9 Å². The molecule has 128 valence electrons. The van der Waals surface area contributed by atoms with Gasteiger partial charge in [0.1, 0.15) is 11.4 Å². The number of hydrogen-bond acceptors (Lipinski definition) is 4. The van der Waals surface area contributed by atoms with Gasteiger partial charge in [-0.15, -0.1) is 0 Å². The number of amides is 1. The molecule has 1 amide bonds. The molecule has 1 heterocycles. The second kappa shape index (κ2) is 7.16. The van der Waals surface area contributed by atoms with Crippen molar-refractivity contribution in [3.05, 3.63) is 51.9 Å². The Morgan fingerprint density at radius 3 is 2.62 bits per heavy atom. The average molecular weight is 341 g/mol. The van der Waals surface area contributed by atoms with Crippen molar-refractivity contribution in [3.8, 4) is 5.75 Å². The molecule has 0 unspecified atom stereocenters. The minimum atomic E-state index is -4.56. The first-order valence-electron chi connectivity index (χ1n) is 7.02. The van der Waals surface area contributed by atoms with Crippen LogP contribution in [0.5, 0.6) is 5.75 Å². The number of alkyl halides is 3. The summed E-state index contributed by atoms with van der Waals surface area (Å²) in [5.74, 6) is -0.658. The number of halogens is 3. The number of aromatic amines is 1. The molecule has 0 bridgehead atoms. The molecule has 2 rings (SSSR count). The summed E-state index contributed by atoms with van der Waals surface area (Å²) in [4.78, 5) is 23.0. The van der Waals surface area contributed by atoms with Crippen molar-refractivity contribution < 1.29 is 22.7 Å². The predicted molar refractivity (Wildman–Crippen MR) is 80.0 cm³/mol. The van der Waals surface area contributed by atoms with E-state index in [2.05, 4.69) is 15.5 Å². The van der Waals surface area contributed by atoms with Crippen molar-refractivity contribution in [3.63, 3.8) is 0 Å².